The third-order valence-electron chi connectivity index (χ3n) is 10.1. The van der Waals surface area contributed by atoms with Gasteiger partial charge < -0.3 is 25.4 Å². The summed E-state index contributed by atoms with van der Waals surface area (Å²) in [6.45, 7) is 4.24. The quantitative estimate of drug-likeness (QED) is 0.202. The molecule has 3 aliphatic rings. The van der Waals surface area contributed by atoms with Crippen molar-refractivity contribution in [1.82, 2.24) is 4.90 Å². The highest BCUT2D eigenvalue weighted by Crippen LogP contribution is 2.69. The van der Waals surface area contributed by atoms with Crippen LogP contribution in [0.2, 0.25) is 0 Å². The van der Waals surface area contributed by atoms with Gasteiger partial charge in [0.1, 0.15) is 11.8 Å². The second-order valence-electron chi connectivity index (χ2n) is 12.8. The molecule has 3 fully saturated rings. The summed E-state index contributed by atoms with van der Waals surface area (Å²) >= 11 is 1.62. The standard InChI is InChI=1S/C38H39N3O5S/c1-3-46-30-17-15-27(16-18-30)39-35(43)32-31-19-23(2)38(47-31)33(32)37(45)41(29(22-42)20-24-9-5-4-6-10-24)34(38)36(44)40-28-14-13-25-11-7-8-12-26(25)21-28/h4-18,21,23,29,31-34,42H,3,19-20,22H2,1-2H3,(H,39,43)(H,40,44)/t23?,29-,31+,32-,33+,34?,38?/m1/s1. The number of carbonyl (C=O) groups excluding carboxylic acids is 3. The van der Waals surface area contributed by atoms with Crippen LogP contribution in [0.3, 0.4) is 0 Å². The molecule has 0 aromatic heterocycles. The molecular weight excluding hydrogens is 611 g/mol. The molecule has 0 saturated carbocycles. The van der Waals surface area contributed by atoms with Gasteiger partial charge >= 0.3 is 0 Å². The Kier molecular flexibility index (Phi) is 8.45. The molecule has 9 heteroatoms. The van der Waals surface area contributed by atoms with Crippen LogP contribution in [-0.2, 0) is 20.8 Å². The molecule has 3 unspecified atom stereocenters. The van der Waals surface area contributed by atoms with Gasteiger partial charge in [-0.15, -0.1) is 11.8 Å². The summed E-state index contributed by atoms with van der Waals surface area (Å²) in [5.74, 6) is -1.38. The molecule has 0 aliphatic carbocycles. The highest BCUT2D eigenvalue weighted by Gasteiger charge is 2.76. The number of carbonyl (C=O) groups is 3. The van der Waals surface area contributed by atoms with Gasteiger partial charge in [-0.25, -0.2) is 0 Å². The molecule has 4 aromatic carbocycles. The molecule has 1 spiro atoms. The molecule has 8 nitrogen and oxygen atoms in total. The van der Waals surface area contributed by atoms with E-state index >= 15 is 0 Å². The van der Waals surface area contributed by atoms with Gasteiger partial charge in [0.25, 0.3) is 0 Å². The first-order valence-electron chi connectivity index (χ1n) is 16.3. The number of rotatable bonds is 10. The van der Waals surface area contributed by atoms with E-state index in [4.69, 9.17) is 4.74 Å². The lowest BCUT2D eigenvalue weighted by atomic mass is 9.66. The number of hydrogen-bond acceptors (Lipinski definition) is 6. The lowest BCUT2D eigenvalue weighted by Gasteiger charge is -2.40. The summed E-state index contributed by atoms with van der Waals surface area (Å²) in [6.07, 6.45) is 1.10. The molecule has 4 aromatic rings. The summed E-state index contributed by atoms with van der Waals surface area (Å²) < 4.78 is 4.72. The van der Waals surface area contributed by atoms with Crippen LogP contribution >= 0.6 is 11.8 Å². The zero-order chi connectivity index (χ0) is 32.7. The van der Waals surface area contributed by atoms with Crippen molar-refractivity contribution in [2.24, 2.45) is 17.8 Å². The highest BCUT2D eigenvalue weighted by molar-refractivity contribution is 8.02. The van der Waals surface area contributed by atoms with Gasteiger partial charge in [0, 0.05) is 16.6 Å². The van der Waals surface area contributed by atoms with Crippen molar-refractivity contribution in [3.63, 3.8) is 0 Å². The number of fused-ring (bicyclic) bond motifs is 2. The van der Waals surface area contributed by atoms with E-state index < -0.39 is 28.7 Å². The van der Waals surface area contributed by atoms with E-state index in [1.165, 1.54) is 0 Å². The predicted octanol–water partition coefficient (Wildman–Crippen LogP) is 5.76. The van der Waals surface area contributed by atoms with Gasteiger partial charge in [-0.3, -0.25) is 14.4 Å². The van der Waals surface area contributed by atoms with E-state index in [0.717, 1.165) is 16.3 Å². The maximum Gasteiger partial charge on any atom is 0.248 e. The third-order valence-corrected chi connectivity index (χ3v) is 12.2. The van der Waals surface area contributed by atoms with Crippen molar-refractivity contribution in [2.45, 2.75) is 48.8 Å². The number of amides is 3. The monoisotopic (exact) mass is 649 g/mol. The second-order valence-corrected chi connectivity index (χ2v) is 14.4. The van der Waals surface area contributed by atoms with Gasteiger partial charge in [-0.05, 0) is 78.4 Å². The van der Waals surface area contributed by atoms with Crippen LogP contribution in [0.25, 0.3) is 10.8 Å². The van der Waals surface area contributed by atoms with Gasteiger partial charge in [0.15, 0.2) is 0 Å². The summed E-state index contributed by atoms with van der Waals surface area (Å²) in [4.78, 5) is 45.0. The Labute approximate surface area is 278 Å². The van der Waals surface area contributed by atoms with Crippen molar-refractivity contribution in [3.8, 4) is 5.75 Å². The van der Waals surface area contributed by atoms with Gasteiger partial charge in [0.2, 0.25) is 17.7 Å². The number of anilines is 2. The Morgan fingerprint density at radius 3 is 2.34 bits per heavy atom. The number of nitrogens with zero attached hydrogens (tertiary/aromatic N) is 1. The number of nitrogens with one attached hydrogen (secondary N) is 2. The molecule has 0 radical (unpaired) electrons. The van der Waals surface area contributed by atoms with Gasteiger partial charge in [0.05, 0.1) is 35.8 Å². The van der Waals surface area contributed by atoms with Crippen molar-refractivity contribution in [2.75, 3.05) is 23.8 Å². The number of ether oxygens (including phenoxy) is 1. The van der Waals surface area contributed by atoms with Crippen LogP contribution in [0, 0.1) is 17.8 Å². The van der Waals surface area contributed by atoms with Crippen molar-refractivity contribution < 1.29 is 24.2 Å². The minimum Gasteiger partial charge on any atom is -0.494 e. The molecule has 3 saturated heterocycles. The largest absolute Gasteiger partial charge is 0.494 e. The highest BCUT2D eigenvalue weighted by atomic mass is 32.2. The van der Waals surface area contributed by atoms with Crippen molar-refractivity contribution in [3.05, 3.63) is 103 Å². The molecule has 3 heterocycles. The van der Waals surface area contributed by atoms with E-state index in [0.29, 0.717) is 36.6 Å². The molecule has 242 valence electrons. The smallest absolute Gasteiger partial charge is 0.248 e. The Morgan fingerprint density at radius 1 is 0.936 bits per heavy atom. The fourth-order valence-corrected chi connectivity index (χ4v) is 10.5. The number of aliphatic hydroxyl groups excluding tert-OH is 1. The number of likely N-dealkylation sites (tertiary alicyclic amines) is 1. The fourth-order valence-electron chi connectivity index (χ4n) is 8.09. The molecular formula is C38H39N3O5S. The number of hydrogen-bond donors (Lipinski definition) is 3. The fraction of sp³-hybridized carbons (Fsp3) is 0.342. The van der Waals surface area contributed by atoms with Crippen LogP contribution in [0.1, 0.15) is 25.8 Å². The number of thioether (sulfide) groups is 1. The SMILES string of the molecule is CCOc1ccc(NC(=O)[C@@H]2[C@@H]3CC(C)C4(S3)C(C(=O)Nc3ccc5ccccc5c3)N([C@@H](CO)Cc3ccccc3)C(=O)[C@H]24)cc1. The first-order valence-corrected chi connectivity index (χ1v) is 17.2. The second kappa shape index (κ2) is 12.7. The third kappa shape index (κ3) is 5.45. The maximum absolute atomic E-state index is 14.8. The van der Waals surface area contributed by atoms with Gasteiger partial charge in [-0.1, -0.05) is 67.6 Å². The first-order chi connectivity index (χ1) is 22.8. The Balaban J connectivity index is 1.24. The lowest BCUT2D eigenvalue weighted by molar-refractivity contribution is -0.141. The summed E-state index contributed by atoms with van der Waals surface area (Å²) in [5, 5.41) is 18.9. The summed E-state index contributed by atoms with van der Waals surface area (Å²) in [7, 11) is 0. The number of benzene rings is 4. The van der Waals surface area contributed by atoms with Crippen LogP contribution in [0.5, 0.6) is 5.75 Å². The minimum absolute atomic E-state index is 0.00519. The minimum atomic E-state index is -0.874. The molecule has 47 heavy (non-hydrogen) atoms. The van der Waals surface area contributed by atoms with Crippen LogP contribution in [-0.4, -0.2) is 63.0 Å². The van der Waals surface area contributed by atoms with E-state index in [-0.39, 0.29) is 35.5 Å². The normalized spacial score (nSPS) is 26.7. The first kappa shape index (κ1) is 31.3. The molecule has 3 aliphatic heterocycles. The summed E-state index contributed by atoms with van der Waals surface area (Å²) in [6, 6.07) is 29.1. The Bertz CT molecular complexity index is 1800. The maximum atomic E-state index is 14.8. The van der Waals surface area contributed by atoms with Crippen LogP contribution in [0.15, 0.2) is 97.1 Å². The zero-order valence-electron chi connectivity index (χ0n) is 26.5. The predicted molar refractivity (Wildman–Crippen MR) is 185 cm³/mol. The zero-order valence-corrected chi connectivity index (χ0v) is 27.3. The summed E-state index contributed by atoms with van der Waals surface area (Å²) in [5.41, 5.74) is 2.22. The van der Waals surface area contributed by atoms with E-state index in [9.17, 15) is 19.5 Å². The van der Waals surface area contributed by atoms with Crippen molar-refractivity contribution in [1.29, 1.82) is 0 Å². The Morgan fingerprint density at radius 2 is 1.62 bits per heavy atom. The number of aliphatic hydroxyl groups is 1. The van der Waals surface area contributed by atoms with Crippen LogP contribution < -0.4 is 15.4 Å². The molecule has 2 bridgehead atoms. The van der Waals surface area contributed by atoms with Gasteiger partial charge in [-0.2, -0.15) is 0 Å². The topological polar surface area (TPSA) is 108 Å². The molecule has 3 N–H and O–H groups in total. The average Bonchev–Trinajstić information content (AvgIpc) is 3.68. The Hall–Kier alpha value is -4.34. The molecule has 7 rings (SSSR count). The van der Waals surface area contributed by atoms with E-state index in [1.54, 1.807) is 28.8 Å². The average molecular weight is 650 g/mol. The lowest BCUT2D eigenvalue weighted by Crippen LogP contribution is -2.57. The van der Waals surface area contributed by atoms with E-state index in [2.05, 4.69) is 17.6 Å². The molecule has 3 amide bonds. The van der Waals surface area contributed by atoms with Crippen LogP contribution in [0.4, 0.5) is 11.4 Å². The van der Waals surface area contributed by atoms with E-state index in [1.807, 2.05) is 91.9 Å². The van der Waals surface area contributed by atoms with Crippen molar-refractivity contribution >= 4 is 51.6 Å². The molecule has 7 atom stereocenters.